The molecule has 4 saturated carbocycles. The maximum atomic E-state index is 12.4. The Balaban J connectivity index is 1.22. The molecule has 0 radical (unpaired) electrons. The second-order valence-electron chi connectivity index (χ2n) is 14.0. The van der Waals surface area contributed by atoms with Crippen LogP contribution in [0.4, 0.5) is 0 Å². The molecule has 0 bridgehead atoms. The van der Waals surface area contributed by atoms with Crippen LogP contribution in [0.25, 0.3) is 0 Å². The summed E-state index contributed by atoms with van der Waals surface area (Å²) in [4.78, 5) is 11.8. The molecule has 1 saturated heterocycles. The molecule has 0 aromatic heterocycles. The number of esters is 1. The number of carbonyl (C=O) groups is 1. The van der Waals surface area contributed by atoms with Crippen molar-refractivity contribution in [3.8, 4) is 0 Å². The van der Waals surface area contributed by atoms with E-state index in [1.54, 1.807) is 13.0 Å². The van der Waals surface area contributed by atoms with Crippen LogP contribution in [-0.2, 0) is 23.7 Å². The Kier molecular flexibility index (Phi) is 7.03. The van der Waals surface area contributed by atoms with E-state index in [0.717, 1.165) is 12.0 Å². The fourth-order valence-corrected chi connectivity index (χ4v) is 10.2. The van der Waals surface area contributed by atoms with Crippen LogP contribution in [0.2, 0.25) is 0 Å². The number of carbonyl (C=O) groups excluding carboxylic acids is 1. The monoisotopic (exact) mass is 566 g/mol. The summed E-state index contributed by atoms with van der Waals surface area (Å²) in [7, 11) is 1.43. The van der Waals surface area contributed by atoms with Gasteiger partial charge in [-0.2, -0.15) is 0 Å². The van der Waals surface area contributed by atoms with E-state index in [-0.39, 0.29) is 36.4 Å². The molecule has 5 N–H and O–H groups in total. The zero-order chi connectivity index (χ0) is 28.8. The van der Waals surface area contributed by atoms with E-state index in [1.807, 2.05) is 0 Å². The van der Waals surface area contributed by atoms with Gasteiger partial charge >= 0.3 is 5.97 Å². The zero-order valence-electron chi connectivity index (χ0n) is 24.0. The Labute approximate surface area is 235 Å². The van der Waals surface area contributed by atoms with Gasteiger partial charge in [0.25, 0.3) is 0 Å². The first-order chi connectivity index (χ1) is 18.8. The Bertz CT molecular complexity index is 1050. The maximum Gasteiger partial charge on any atom is 0.331 e. The van der Waals surface area contributed by atoms with Gasteiger partial charge in [-0.3, -0.25) is 0 Å². The minimum absolute atomic E-state index is 0.0314. The molecule has 6 rings (SSSR count). The molecule has 0 aromatic carbocycles. The van der Waals surface area contributed by atoms with Crippen molar-refractivity contribution in [3.05, 3.63) is 11.6 Å². The normalized spacial score (nSPS) is 56.1. The summed E-state index contributed by atoms with van der Waals surface area (Å²) in [6.07, 6.45) is 0.177. The largest absolute Gasteiger partial charge is 0.458 e. The van der Waals surface area contributed by atoms with E-state index in [1.165, 1.54) is 7.11 Å². The van der Waals surface area contributed by atoms with Gasteiger partial charge in [0.2, 0.25) is 0 Å². The Hall–Kier alpha value is -1.11. The molecule has 2 heterocycles. The average Bonchev–Trinajstić information content (AvgIpc) is 3.43. The molecule has 10 heteroatoms. The first-order valence-electron chi connectivity index (χ1n) is 15.0. The van der Waals surface area contributed by atoms with E-state index >= 15 is 0 Å². The van der Waals surface area contributed by atoms with Crippen LogP contribution in [-0.4, -0.2) is 99.3 Å². The van der Waals surface area contributed by atoms with Crippen molar-refractivity contribution in [2.75, 3.05) is 13.7 Å². The highest BCUT2D eigenvalue weighted by molar-refractivity contribution is 5.85. The predicted octanol–water partition coefficient (Wildman–Crippen LogP) is 1.20. The number of methoxy groups -OCH3 is 1. The lowest BCUT2D eigenvalue weighted by Gasteiger charge is -2.67. The van der Waals surface area contributed by atoms with Gasteiger partial charge in [0.15, 0.2) is 6.29 Å². The van der Waals surface area contributed by atoms with Crippen molar-refractivity contribution in [3.63, 3.8) is 0 Å². The fraction of sp³-hybridized carbons (Fsp3) is 0.900. The van der Waals surface area contributed by atoms with Crippen molar-refractivity contribution in [1.29, 1.82) is 0 Å². The quantitative estimate of drug-likeness (QED) is 0.248. The fourth-order valence-electron chi connectivity index (χ4n) is 10.2. The van der Waals surface area contributed by atoms with Gasteiger partial charge in [0, 0.05) is 30.4 Å². The molecule has 226 valence electrons. The number of ether oxygens (including phenoxy) is 4. The summed E-state index contributed by atoms with van der Waals surface area (Å²) in [5.41, 5.74) is -2.46. The first kappa shape index (κ1) is 29.0. The van der Waals surface area contributed by atoms with Crippen molar-refractivity contribution in [2.24, 2.45) is 28.6 Å². The summed E-state index contributed by atoms with van der Waals surface area (Å²) in [6, 6.07) is 0. The molecule has 10 nitrogen and oxygen atoms in total. The van der Waals surface area contributed by atoms with Gasteiger partial charge in [-0.05, 0) is 75.2 Å². The highest BCUT2D eigenvalue weighted by atomic mass is 16.7. The van der Waals surface area contributed by atoms with Crippen molar-refractivity contribution >= 4 is 5.97 Å². The van der Waals surface area contributed by atoms with E-state index in [0.29, 0.717) is 44.9 Å². The van der Waals surface area contributed by atoms with Crippen molar-refractivity contribution in [2.45, 2.75) is 126 Å². The Morgan fingerprint density at radius 3 is 2.40 bits per heavy atom. The lowest BCUT2D eigenvalue weighted by atomic mass is 9.41. The molecule has 40 heavy (non-hydrogen) atoms. The summed E-state index contributed by atoms with van der Waals surface area (Å²) >= 11 is 0. The third kappa shape index (κ3) is 3.93. The molecule has 0 unspecified atom stereocenters. The topological polar surface area (TPSA) is 155 Å². The van der Waals surface area contributed by atoms with Crippen LogP contribution in [0.5, 0.6) is 0 Å². The van der Waals surface area contributed by atoms with Gasteiger partial charge in [0.1, 0.15) is 24.9 Å². The third-order valence-corrected chi connectivity index (χ3v) is 12.4. The van der Waals surface area contributed by atoms with Crippen LogP contribution in [0.3, 0.4) is 0 Å². The second-order valence-corrected chi connectivity index (χ2v) is 14.0. The molecule has 0 aromatic rings. The summed E-state index contributed by atoms with van der Waals surface area (Å²) in [5, 5.41) is 57.5. The molecular formula is C30H46O10. The van der Waals surface area contributed by atoms with Gasteiger partial charge in [-0.15, -0.1) is 0 Å². The molecule has 6 aliphatic rings. The first-order valence-corrected chi connectivity index (χ1v) is 15.0. The van der Waals surface area contributed by atoms with E-state index in [4.69, 9.17) is 18.9 Å². The number of rotatable bonds is 4. The summed E-state index contributed by atoms with van der Waals surface area (Å²) < 4.78 is 22.5. The van der Waals surface area contributed by atoms with Crippen LogP contribution < -0.4 is 0 Å². The van der Waals surface area contributed by atoms with Crippen molar-refractivity contribution in [1.82, 2.24) is 0 Å². The standard InChI is InChI=1S/C30H46O10/c1-15-23(33)25(37-4)24(34)26(39-15)40-17-5-8-27(2)22-19(6-9-29(27,35)12-17)30(36)10-7-18(16-11-21(32)38-14-16)28(30,3)13-20(22)31/h11,15,17-20,22-26,31,33-36H,5-10,12-14H2,1-4H3/t15-,17-,18+,19-,20-,22-,23+,24-,25-,26-,27-,28-,29+,30+/m1/s1. The Morgan fingerprint density at radius 2 is 1.73 bits per heavy atom. The lowest BCUT2D eigenvalue weighted by Crippen LogP contribution is -2.71. The number of hydrogen-bond acceptors (Lipinski definition) is 10. The van der Waals surface area contributed by atoms with Gasteiger partial charge in [-0.25, -0.2) is 4.79 Å². The van der Waals surface area contributed by atoms with E-state index in [2.05, 4.69) is 13.8 Å². The van der Waals surface area contributed by atoms with Gasteiger partial charge < -0.3 is 44.5 Å². The minimum atomic E-state index is -1.17. The van der Waals surface area contributed by atoms with Crippen LogP contribution in [0.1, 0.15) is 72.1 Å². The minimum Gasteiger partial charge on any atom is -0.458 e. The smallest absolute Gasteiger partial charge is 0.331 e. The van der Waals surface area contributed by atoms with E-state index in [9.17, 15) is 30.3 Å². The molecule has 4 aliphatic carbocycles. The Morgan fingerprint density at radius 1 is 0.975 bits per heavy atom. The number of cyclic esters (lactones) is 1. The number of aliphatic hydroxyl groups is 5. The van der Waals surface area contributed by atoms with Crippen LogP contribution in [0.15, 0.2) is 11.6 Å². The van der Waals surface area contributed by atoms with Crippen LogP contribution >= 0.6 is 0 Å². The predicted molar refractivity (Wildman–Crippen MR) is 141 cm³/mol. The maximum absolute atomic E-state index is 12.4. The highest BCUT2D eigenvalue weighted by Gasteiger charge is 2.72. The molecule has 14 atom stereocenters. The number of hydrogen-bond donors (Lipinski definition) is 5. The summed E-state index contributed by atoms with van der Waals surface area (Å²) in [5.74, 6) is -0.840. The second kappa shape index (κ2) is 9.71. The number of aliphatic hydroxyl groups excluding tert-OH is 3. The molecule has 0 spiro atoms. The third-order valence-electron chi connectivity index (χ3n) is 12.4. The van der Waals surface area contributed by atoms with Gasteiger partial charge in [-0.1, -0.05) is 13.8 Å². The molecule has 2 aliphatic heterocycles. The zero-order valence-corrected chi connectivity index (χ0v) is 24.0. The molecule has 5 fully saturated rings. The highest BCUT2D eigenvalue weighted by Crippen LogP contribution is 2.70. The number of fused-ring (bicyclic) bond motifs is 5. The average molecular weight is 567 g/mol. The van der Waals surface area contributed by atoms with Crippen LogP contribution in [0, 0.1) is 28.6 Å². The molecular weight excluding hydrogens is 520 g/mol. The van der Waals surface area contributed by atoms with Crippen molar-refractivity contribution < 1.29 is 49.3 Å². The molecule has 0 amide bonds. The van der Waals surface area contributed by atoms with E-state index < -0.39 is 58.8 Å². The summed E-state index contributed by atoms with van der Waals surface area (Å²) in [6.45, 7) is 6.07. The van der Waals surface area contributed by atoms with Gasteiger partial charge in [0.05, 0.1) is 29.5 Å². The SMILES string of the molecule is CO[C@@H]1[C@@H](O)[C@@H](C)O[C@H](O[C@@H]2CC[C@]3(C)[C@H]4[C@H](O)C[C@]5(C)[C@H](C6=CC(=O)OC6)CC[C@]5(O)[C@@H]4CC[C@]3(O)C2)[C@@H]1O. The lowest BCUT2D eigenvalue weighted by molar-refractivity contribution is -0.325.